The van der Waals surface area contributed by atoms with Crippen molar-refractivity contribution >= 4 is 15.9 Å². The van der Waals surface area contributed by atoms with Gasteiger partial charge in [-0.3, -0.25) is 4.79 Å². The van der Waals surface area contributed by atoms with Gasteiger partial charge in [-0.15, -0.1) is 0 Å². The van der Waals surface area contributed by atoms with Crippen LogP contribution in [0.2, 0.25) is 0 Å². The number of hydrogen-bond acceptors (Lipinski definition) is 4. The molecule has 0 radical (unpaired) electrons. The van der Waals surface area contributed by atoms with Crippen LogP contribution < -0.4 is 5.32 Å². The van der Waals surface area contributed by atoms with Gasteiger partial charge in [-0.1, -0.05) is 25.0 Å². The van der Waals surface area contributed by atoms with Gasteiger partial charge >= 0.3 is 0 Å². The summed E-state index contributed by atoms with van der Waals surface area (Å²) in [6, 6.07) is 6.06. The zero-order chi connectivity index (χ0) is 20.4. The molecule has 2 aliphatic rings. The van der Waals surface area contributed by atoms with Crippen LogP contribution in [0, 0.1) is 5.82 Å². The van der Waals surface area contributed by atoms with E-state index in [-0.39, 0.29) is 36.2 Å². The smallest absolute Gasteiger partial charge is 0.230 e. The van der Waals surface area contributed by atoms with Crippen molar-refractivity contribution in [2.24, 2.45) is 0 Å². The Bertz CT molecular complexity index is 781. The van der Waals surface area contributed by atoms with Crippen LogP contribution in [0.4, 0.5) is 4.39 Å². The summed E-state index contributed by atoms with van der Waals surface area (Å²) in [5.41, 5.74) is 0.0991. The van der Waals surface area contributed by atoms with Gasteiger partial charge in [0, 0.05) is 19.6 Å². The number of halogens is 1. The fraction of sp³-hybridized carbons (Fsp3) is 0.650. The standard InChI is InChI=1S/C20H29FN2O4S/c1-15-13-23(14-16(2)27-15)28(25,26)12-11-22-19(24)20(9-3-4-10-20)17-5-7-18(21)8-6-17/h5-8,15-16H,3-4,9-14H2,1-2H3,(H,22,24)/t15-,16+. The average Bonchev–Trinajstić information content (AvgIpc) is 3.12. The lowest BCUT2D eigenvalue weighted by atomic mass is 9.78. The van der Waals surface area contributed by atoms with Gasteiger partial charge in [0.2, 0.25) is 15.9 Å². The number of benzene rings is 1. The highest BCUT2D eigenvalue weighted by atomic mass is 32.2. The second-order valence-corrected chi connectivity index (χ2v) is 10.0. The predicted octanol–water partition coefficient (Wildman–Crippen LogP) is 2.19. The number of morpholine rings is 1. The molecular formula is C20H29FN2O4S. The summed E-state index contributed by atoms with van der Waals surface area (Å²) in [6.07, 6.45) is 2.94. The number of nitrogens with zero attached hydrogens (tertiary/aromatic N) is 1. The normalized spacial score (nSPS) is 25.5. The molecule has 8 heteroatoms. The summed E-state index contributed by atoms with van der Waals surface area (Å²) in [7, 11) is -3.47. The Morgan fingerprint density at radius 3 is 2.32 bits per heavy atom. The number of ether oxygens (including phenoxy) is 1. The molecule has 6 nitrogen and oxygen atoms in total. The monoisotopic (exact) mass is 412 g/mol. The number of sulfonamides is 1. The lowest BCUT2D eigenvalue weighted by molar-refractivity contribution is -0.126. The highest BCUT2D eigenvalue weighted by molar-refractivity contribution is 7.89. The fourth-order valence-corrected chi connectivity index (χ4v) is 5.84. The number of carbonyl (C=O) groups excluding carboxylic acids is 1. The lowest BCUT2D eigenvalue weighted by Gasteiger charge is -2.34. The third kappa shape index (κ3) is 4.55. The molecule has 156 valence electrons. The Morgan fingerprint density at radius 1 is 1.18 bits per heavy atom. The third-order valence-electron chi connectivity index (χ3n) is 5.71. The van der Waals surface area contributed by atoms with E-state index in [9.17, 15) is 17.6 Å². The molecule has 1 heterocycles. The maximum atomic E-state index is 13.3. The summed E-state index contributed by atoms with van der Waals surface area (Å²) in [5.74, 6) is -0.648. The first kappa shape index (κ1) is 21.2. The molecule has 0 aromatic heterocycles. The van der Waals surface area contributed by atoms with Crippen LogP contribution in [-0.2, 0) is 25.0 Å². The Labute approximate surface area is 166 Å². The van der Waals surface area contributed by atoms with Crippen molar-refractivity contribution in [2.75, 3.05) is 25.4 Å². The quantitative estimate of drug-likeness (QED) is 0.777. The maximum Gasteiger partial charge on any atom is 0.230 e. The largest absolute Gasteiger partial charge is 0.373 e. The van der Waals surface area contributed by atoms with Gasteiger partial charge in [0.25, 0.3) is 0 Å². The Kier molecular flexibility index (Phi) is 6.41. The number of hydrogen-bond donors (Lipinski definition) is 1. The van der Waals surface area contributed by atoms with Crippen LogP contribution in [-0.4, -0.2) is 56.2 Å². The maximum absolute atomic E-state index is 13.3. The zero-order valence-corrected chi connectivity index (χ0v) is 17.3. The Hall–Kier alpha value is -1.51. The summed E-state index contributed by atoms with van der Waals surface area (Å²) in [6.45, 7) is 4.43. The van der Waals surface area contributed by atoms with E-state index >= 15 is 0 Å². The predicted molar refractivity (Wildman–Crippen MR) is 105 cm³/mol. The minimum Gasteiger partial charge on any atom is -0.373 e. The number of carbonyl (C=O) groups is 1. The molecule has 1 amide bonds. The molecule has 1 aliphatic heterocycles. The molecule has 1 aromatic rings. The van der Waals surface area contributed by atoms with Crippen molar-refractivity contribution in [2.45, 2.75) is 57.2 Å². The van der Waals surface area contributed by atoms with E-state index in [1.165, 1.54) is 16.4 Å². The summed E-state index contributed by atoms with van der Waals surface area (Å²) in [4.78, 5) is 13.0. The molecule has 1 saturated carbocycles. The molecule has 0 spiro atoms. The zero-order valence-electron chi connectivity index (χ0n) is 16.5. The summed E-state index contributed by atoms with van der Waals surface area (Å²) in [5, 5.41) is 2.83. The van der Waals surface area contributed by atoms with Gasteiger partial charge in [0.15, 0.2) is 0 Å². The highest BCUT2D eigenvalue weighted by Crippen LogP contribution is 2.41. The SMILES string of the molecule is C[C@@H]1CN(S(=O)(=O)CCNC(=O)C2(c3ccc(F)cc3)CCCC2)C[C@H](C)O1. The second-order valence-electron chi connectivity index (χ2n) is 7.94. The minimum absolute atomic E-state index is 0.0598. The van der Waals surface area contributed by atoms with Gasteiger partial charge < -0.3 is 10.1 Å². The topological polar surface area (TPSA) is 75.7 Å². The van der Waals surface area contributed by atoms with Gasteiger partial charge in [0.05, 0.1) is 23.4 Å². The first-order valence-corrected chi connectivity index (χ1v) is 11.5. The Morgan fingerprint density at radius 2 is 1.75 bits per heavy atom. The fourth-order valence-electron chi connectivity index (χ4n) is 4.34. The van der Waals surface area contributed by atoms with Gasteiger partial charge in [-0.25, -0.2) is 12.8 Å². The van der Waals surface area contributed by atoms with Crippen LogP contribution in [0.1, 0.15) is 45.1 Å². The van der Waals surface area contributed by atoms with Gasteiger partial charge in [-0.2, -0.15) is 4.31 Å². The van der Waals surface area contributed by atoms with E-state index in [4.69, 9.17) is 4.74 Å². The Balaban J connectivity index is 1.63. The van der Waals surface area contributed by atoms with E-state index < -0.39 is 15.4 Å². The second kappa shape index (κ2) is 8.47. The van der Waals surface area contributed by atoms with Crippen molar-refractivity contribution in [1.29, 1.82) is 0 Å². The molecule has 2 fully saturated rings. The molecule has 1 aliphatic carbocycles. The minimum atomic E-state index is -3.47. The van der Waals surface area contributed by atoms with E-state index in [1.807, 2.05) is 13.8 Å². The molecule has 2 atom stereocenters. The van der Waals surface area contributed by atoms with Crippen LogP contribution in [0.3, 0.4) is 0 Å². The molecule has 1 saturated heterocycles. The van der Waals surface area contributed by atoms with E-state index in [1.54, 1.807) is 12.1 Å². The molecule has 1 aromatic carbocycles. The van der Waals surface area contributed by atoms with Gasteiger partial charge in [-0.05, 0) is 44.4 Å². The molecule has 0 unspecified atom stereocenters. The van der Waals surface area contributed by atoms with E-state index in [0.29, 0.717) is 25.9 Å². The summed E-state index contributed by atoms with van der Waals surface area (Å²) < 4.78 is 45.6. The van der Waals surface area contributed by atoms with Crippen molar-refractivity contribution in [1.82, 2.24) is 9.62 Å². The first-order chi connectivity index (χ1) is 13.2. The van der Waals surface area contributed by atoms with Gasteiger partial charge in [0.1, 0.15) is 5.82 Å². The number of rotatable bonds is 6. The molecule has 0 bridgehead atoms. The molecular weight excluding hydrogens is 383 g/mol. The lowest BCUT2D eigenvalue weighted by Crippen LogP contribution is -2.50. The summed E-state index contributed by atoms with van der Waals surface area (Å²) >= 11 is 0. The van der Waals surface area contributed by atoms with Crippen molar-refractivity contribution in [3.05, 3.63) is 35.6 Å². The van der Waals surface area contributed by atoms with E-state index in [2.05, 4.69) is 5.32 Å². The molecule has 1 N–H and O–H groups in total. The number of amides is 1. The van der Waals surface area contributed by atoms with Crippen LogP contribution in [0.15, 0.2) is 24.3 Å². The van der Waals surface area contributed by atoms with Crippen molar-refractivity contribution < 1.29 is 22.3 Å². The first-order valence-electron chi connectivity index (χ1n) is 9.90. The molecule has 3 rings (SSSR count). The molecule has 28 heavy (non-hydrogen) atoms. The third-order valence-corrected chi connectivity index (χ3v) is 7.52. The van der Waals surface area contributed by atoms with Crippen molar-refractivity contribution in [3.63, 3.8) is 0 Å². The highest BCUT2D eigenvalue weighted by Gasteiger charge is 2.42. The van der Waals surface area contributed by atoms with Crippen LogP contribution in [0.5, 0.6) is 0 Å². The van der Waals surface area contributed by atoms with Crippen LogP contribution >= 0.6 is 0 Å². The van der Waals surface area contributed by atoms with Crippen molar-refractivity contribution in [3.8, 4) is 0 Å². The van der Waals surface area contributed by atoms with E-state index in [0.717, 1.165) is 18.4 Å². The number of nitrogens with one attached hydrogen (secondary N) is 1. The van der Waals surface area contributed by atoms with Crippen LogP contribution in [0.25, 0.3) is 0 Å². The average molecular weight is 413 g/mol.